The van der Waals surface area contributed by atoms with Gasteiger partial charge in [-0.3, -0.25) is 20.2 Å². The number of carboxylic acid groups (broad SMARTS) is 2. The molecular formula is C20H24N2O6. The van der Waals surface area contributed by atoms with Gasteiger partial charge in [0.1, 0.15) is 23.6 Å². The van der Waals surface area contributed by atoms with Crippen LogP contribution in [0.3, 0.4) is 0 Å². The lowest BCUT2D eigenvalue weighted by atomic mass is 10.1. The van der Waals surface area contributed by atoms with E-state index in [1.807, 2.05) is 0 Å². The second-order valence-electron chi connectivity index (χ2n) is 5.93. The van der Waals surface area contributed by atoms with Gasteiger partial charge in [0.15, 0.2) is 0 Å². The fourth-order valence-corrected chi connectivity index (χ4v) is 2.90. The normalized spacial score (nSPS) is 12.8. The van der Waals surface area contributed by atoms with Crippen LogP contribution in [0.2, 0.25) is 0 Å². The van der Waals surface area contributed by atoms with Crippen molar-refractivity contribution >= 4 is 11.9 Å². The third-order valence-corrected chi connectivity index (χ3v) is 4.22. The molecule has 150 valence electrons. The first kappa shape index (κ1) is 21.2. The molecule has 0 bridgehead atoms. The lowest BCUT2D eigenvalue weighted by molar-refractivity contribution is -0.141. The maximum Gasteiger partial charge on any atom is 0.325 e. The van der Waals surface area contributed by atoms with Gasteiger partial charge in [0.05, 0.1) is 14.2 Å². The molecule has 0 saturated heterocycles. The number of carbonyl (C=O) groups is 2. The summed E-state index contributed by atoms with van der Waals surface area (Å²) in [5.74, 6) is -1.17. The Morgan fingerprint density at radius 3 is 1.46 bits per heavy atom. The van der Waals surface area contributed by atoms with Gasteiger partial charge in [0.2, 0.25) is 0 Å². The fourth-order valence-electron chi connectivity index (χ4n) is 2.90. The Kier molecular flexibility index (Phi) is 7.79. The number of aliphatic carboxylic acids is 2. The molecule has 2 rings (SSSR count). The number of methoxy groups -OCH3 is 2. The molecule has 0 aliphatic heterocycles. The monoisotopic (exact) mass is 388 g/mol. The quantitative estimate of drug-likeness (QED) is 0.431. The first-order chi connectivity index (χ1) is 13.5. The first-order valence-corrected chi connectivity index (χ1v) is 8.67. The van der Waals surface area contributed by atoms with Gasteiger partial charge in [0, 0.05) is 24.2 Å². The maximum absolute atomic E-state index is 11.7. The van der Waals surface area contributed by atoms with Gasteiger partial charge in [-0.25, -0.2) is 0 Å². The summed E-state index contributed by atoms with van der Waals surface area (Å²) in [6.45, 7) is 0.460. The van der Waals surface area contributed by atoms with Gasteiger partial charge in [-0.1, -0.05) is 36.4 Å². The summed E-state index contributed by atoms with van der Waals surface area (Å²) in [4.78, 5) is 23.3. The zero-order chi connectivity index (χ0) is 20.5. The van der Waals surface area contributed by atoms with E-state index in [9.17, 15) is 19.8 Å². The summed E-state index contributed by atoms with van der Waals surface area (Å²) in [5, 5.41) is 24.9. The molecule has 4 N–H and O–H groups in total. The molecule has 8 nitrogen and oxygen atoms in total. The van der Waals surface area contributed by atoms with Crippen molar-refractivity contribution in [2.75, 3.05) is 27.3 Å². The van der Waals surface area contributed by atoms with Crippen molar-refractivity contribution in [1.29, 1.82) is 0 Å². The van der Waals surface area contributed by atoms with Crippen molar-refractivity contribution in [2.45, 2.75) is 12.1 Å². The van der Waals surface area contributed by atoms with Gasteiger partial charge in [-0.15, -0.1) is 0 Å². The van der Waals surface area contributed by atoms with E-state index in [0.29, 0.717) is 22.6 Å². The summed E-state index contributed by atoms with van der Waals surface area (Å²) in [5.41, 5.74) is 0.994. The van der Waals surface area contributed by atoms with Crippen LogP contribution in [0.5, 0.6) is 11.5 Å². The second-order valence-corrected chi connectivity index (χ2v) is 5.93. The molecular weight excluding hydrogens is 364 g/mol. The number of nitrogens with one attached hydrogen (secondary N) is 2. The van der Waals surface area contributed by atoms with Gasteiger partial charge in [-0.05, 0) is 12.1 Å². The number of para-hydroxylation sites is 2. The fraction of sp³-hybridized carbons (Fsp3) is 0.300. The van der Waals surface area contributed by atoms with Crippen LogP contribution in [-0.2, 0) is 9.59 Å². The third-order valence-electron chi connectivity index (χ3n) is 4.22. The molecule has 0 spiro atoms. The largest absolute Gasteiger partial charge is 0.496 e. The van der Waals surface area contributed by atoms with E-state index in [4.69, 9.17) is 9.47 Å². The van der Waals surface area contributed by atoms with Crippen molar-refractivity contribution in [2.24, 2.45) is 0 Å². The van der Waals surface area contributed by atoms with E-state index in [1.165, 1.54) is 14.2 Å². The Labute approximate surface area is 163 Å². The SMILES string of the molecule is COc1ccccc1C(NCCNC(C(=O)O)c1ccccc1OC)C(=O)O. The number of rotatable bonds is 11. The molecule has 0 radical (unpaired) electrons. The minimum atomic E-state index is -1.05. The van der Waals surface area contributed by atoms with Crippen LogP contribution in [0.4, 0.5) is 0 Å². The molecule has 0 amide bonds. The first-order valence-electron chi connectivity index (χ1n) is 8.67. The van der Waals surface area contributed by atoms with E-state index in [-0.39, 0.29) is 13.1 Å². The highest BCUT2D eigenvalue weighted by molar-refractivity contribution is 5.77. The van der Waals surface area contributed by atoms with Gasteiger partial charge in [-0.2, -0.15) is 0 Å². The number of hydrogen-bond acceptors (Lipinski definition) is 6. The molecule has 2 unspecified atom stereocenters. The summed E-state index contributed by atoms with van der Waals surface area (Å²) in [7, 11) is 2.95. The van der Waals surface area contributed by atoms with Crippen LogP contribution in [0, 0.1) is 0 Å². The van der Waals surface area contributed by atoms with Gasteiger partial charge < -0.3 is 19.7 Å². The highest BCUT2D eigenvalue weighted by atomic mass is 16.5. The number of hydrogen-bond donors (Lipinski definition) is 4. The zero-order valence-electron chi connectivity index (χ0n) is 15.7. The van der Waals surface area contributed by atoms with E-state index in [1.54, 1.807) is 48.5 Å². The van der Waals surface area contributed by atoms with Crippen LogP contribution in [0.15, 0.2) is 48.5 Å². The minimum absolute atomic E-state index is 0.230. The molecule has 0 aliphatic rings. The Balaban J connectivity index is 2.03. The lowest BCUT2D eigenvalue weighted by Gasteiger charge is -2.20. The smallest absolute Gasteiger partial charge is 0.325 e. The molecule has 0 aromatic heterocycles. The Bertz CT molecular complexity index is 743. The van der Waals surface area contributed by atoms with Crippen molar-refractivity contribution in [3.05, 3.63) is 59.7 Å². The van der Waals surface area contributed by atoms with E-state index < -0.39 is 24.0 Å². The van der Waals surface area contributed by atoms with Crippen molar-refractivity contribution < 1.29 is 29.3 Å². The lowest BCUT2D eigenvalue weighted by Crippen LogP contribution is -2.37. The molecule has 2 aromatic rings. The van der Waals surface area contributed by atoms with Crippen LogP contribution in [0.25, 0.3) is 0 Å². The second kappa shape index (κ2) is 10.3. The van der Waals surface area contributed by atoms with Crippen LogP contribution >= 0.6 is 0 Å². The summed E-state index contributed by atoms with van der Waals surface area (Å²) < 4.78 is 10.5. The predicted molar refractivity (Wildman–Crippen MR) is 103 cm³/mol. The van der Waals surface area contributed by atoms with Gasteiger partial charge in [0.25, 0.3) is 0 Å². The molecule has 2 atom stereocenters. The standard InChI is InChI=1S/C20H24N2O6/c1-27-15-9-5-3-7-13(15)17(19(23)24)21-11-12-22-18(20(25)26)14-8-4-6-10-16(14)28-2/h3-10,17-18,21-22H,11-12H2,1-2H3,(H,23,24)(H,25,26). The third kappa shape index (κ3) is 5.21. The summed E-state index contributed by atoms with van der Waals surface area (Å²) in [6.07, 6.45) is 0. The molecule has 0 saturated carbocycles. The van der Waals surface area contributed by atoms with Crippen molar-refractivity contribution in [1.82, 2.24) is 10.6 Å². The van der Waals surface area contributed by atoms with Crippen molar-refractivity contribution in [3.8, 4) is 11.5 Å². The van der Waals surface area contributed by atoms with Crippen LogP contribution < -0.4 is 20.1 Å². The van der Waals surface area contributed by atoms with E-state index >= 15 is 0 Å². The van der Waals surface area contributed by atoms with Gasteiger partial charge >= 0.3 is 11.9 Å². The average Bonchev–Trinajstić information content (AvgIpc) is 2.70. The van der Waals surface area contributed by atoms with Crippen molar-refractivity contribution in [3.63, 3.8) is 0 Å². The Morgan fingerprint density at radius 1 is 0.786 bits per heavy atom. The molecule has 0 aliphatic carbocycles. The molecule has 28 heavy (non-hydrogen) atoms. The molecule has 2 aromatic carbocycles. The Morgan fingerprint density at radius 2 is 1.14 bits per heavy atom. The van der Waals surface area contributed by atoms with E-state index in [2.05, 4.69) is 10.6 Å². The molecule has 8 heteroatoms. The summed E-state index contributed by atoms with van der Waals surface area (Å²) in [6, 6.07) is 11.7. The highest BCUT2D eigenvalue weighted by Gasteiger charge is 2.24. The topological polar surface area (TPSA) is 117 Å². The zero-order valence-corrected chi connectivity index (χ0v) is 15.7. The van der Waals surface area contributed by atoms with Crippen LogP contribution in [-0.4, -0.2) is 49.5 Å². The number of benzene rings is 2. The van der Waals surface area contributed by atoms with E-state index in [0.717, 1.165) is 0 Å². The highest BCUT2D eigenvalue weighted by Crippen LogP contribution is 2.26. The maximum atomic E-state index is 11.7. The minimum Gasteiger partial charge on any atom is -0.496 e. The average molecular weight is 388 g/mol. The number of ether oxygens (including phenoxy) is 2. The van der Waals surface area contributed by atoms with Crippen LogP contribution in [0.1, 0.15) is 23.2 Å². The summed E-state index contributed by atoms with van der Waals surface area (Å²) >= 11 is 0. The predicted octanol–water partition coefficient (Wildman–Crippen LogP) is 1.83. The molecule has 0 fully saturated rings. The molecule has 0 heterocycles. The Hall–Kier alpha value is -3.10. The number of carboxylic acids is 2.